The SMILES string of the molecule is Cc1cnccc1C(NN)c1ccc(C(C)(C)C)cc1. The van der Waals surface area contributed by atoms with Gasteiger partial charge in [-0.3, -0.25) is 10.8 Å². The summed E-state index contributed by atoms with van der Waals surface area (Å²) in [6.45, 7) is 8.70. The van der Waals surface area contributed by atoms with Crippen molar-refractivity contribution in [2.75, 3.05) is 0 Å². The van der Waals surface area contributed by atoms with Crippen LogP contribution in [0.1, 0.15) is 49.1 Å². The number of pyridine rings is 1. The third-order valence-corrected chi connectivity index (χ3v) is 3.65. The third-order valence-electron chi connectivity index (χ3n) is 3.65. The predicted molar refractivity (Wildman–Crippen MR) is 83.3 cm³/mol. The van der Waals surface area contributed by atoms with E-state index in [2.05, 4.69) is 62.4 Å². The minimum absolute atomic E-state index is 0.00739. The smallest absolute Gasteiger partial charge is 0.0713 e. The Morgan fingerprint density at radius 2 is 1.75 bits per heavy atom. The van der Waals surface area contributed by atoms with Crippen LogP contribution in [0.2, 0.25) is 0 Å². The first-order valence-corrected chi connectivity index (χ1v) is 6.90. The molecule has 1 aromatic carbocycles. The molecule has 0 aliphatic carbocycles. The molecule has 3 nitrogen and oxygen atoms in total. The molecule has 3 heteroatoms. The Balaban J connectivity index is 2.36. The van der Waals surface area contributed by atoms with Crippen molar-refractivity contribution in [2.45, 2.75) is 39.2 Å². The Bertz CT molecular complexity index is 568. The molecule has 2 rings (SSSR count). The lowest BCUT2D eigenvalue weighted by Crippen LogP contribution is -2.29. The minimum atomic E-state index is -0.00739. The van der Waals surface area contributed by atoms with Gasteiger partial charge in [-0.05, 0) is 40.7 Å². The van der Waals surface area contributed by atoms with Crippen molar-refractivity contribution in [2.24, 2.45) is 5.84 Å². The first-order valence-electron chi connectivity index (χ1n) is 6.90. The van der Waals surface area contributed by atoms with E-state index in [-0.39, 0.29) is 11.5 Å². The van der Waals surface area contributed by atoms with Gasteiger partial charge in [-0.2, -0.15) is 0 Å². The van der Waals surface area contributed by atoms with Crippen LogP contribution in [0.4, 0.5) is 0 Å². The quantitative estimate of drug-likeness (QED) is 0.664. The van der Waals surface area contributed by atoms with E-state index in [0.29, 0.717) is 0 Å². The Morgan fingerprint density at radius 1 is 1.10 bits per heavy atom. The van der Waals surface area contributed by atoms with Crippen LogP contribution in [0, 0.1) is 6.92 Å². The summed E-state index contributed by atoms with van der Waals surface area (Å²) >= 11 is 0. The van der Waals surface area contributed by atoms with Crippen LogP contribution in [0.25, 0.3) is 0 Å². The van der Waals surface area contributed by atoms with Gasteiger partial charge in [0.1, 0.15) is 0 Å². The molecule has 0 aliphatic rings. The van der Waals surface area contributed by atoms with Crippen molar-refractivity contribution >= 4 is 0 Å². The topological polar surface area (TPSA) is 50.9 Å². The van der Waals surface area contributed by atoms with E-state index in [4.69, 9.17) is 5.84 Å². The first kappa shape index (κ1) is 14.7. The Hall–Kier alpha value is -1.71. The Labute approximate surface area is 121 Å². The van der Waals surface area contributed by atoms with Gasteiger partial charge in [0.05, 0.1) is 6.04 Å². The zero-order valence-electron chi connectivity index (χ0n) is 12.6. The number of aromatic nitrogens is 1. The van der Waals surface area contributed by atoms with Gasteiger partial charge in [-0.15, -0.1) is 0 Å². The van der Waals surface area contributed by atoms with E-state index in [9.17, 15) is 0 Å². The maximum Gasteiger partial charge on any atom is 0.0713 e. The Morgan fingerprint density at radius 3 is 2.25 bits per heavy atom. The van der Waals surface area contributed by atoms with Crippen LogP contribution in [0.5, 0.6) is 0 Å². The summed E-state index contributed by atoms with van der Waals surface area (Å²) < 4.78 is 0. The van der Waals surface area contributed by atoms with Gasteiger partial charge in [-0.1, -0.05) is 45.0 Å². The van der Waals surface area contributed by atoms with Crippen LogP contribution in [0.15, 0.2) is 42.7 Å². The van der Waals surface area contributed by atoms with Gasteiger partial charge in [0, 0.05) is 12.4 Å². The highest BCUT2D eigenvalue weighted by Crippen LogP contribution is 2.27. The van der Waals surface area contributed by atoms with Gasteiger partial charge in [0.25, 0.3) is 0 Å². The molecule has 0 spiro atoms. The van der Waals surface area contributed by atoms with Gasteiger partial charge in [0.15, 0.2) is 0 Å². The lowest BCUT2D eigenvalue weighted by Gasteiger charge is -2.22. The highest BCUT2D eigenvalue weighted by molar-refractivity contribution is 5.37. The van der Waals surface area contributed by atoms with E-state index < -0.39 is 0 Å². The molecule has 20 heavy (non-hydrogen) atoms. The summed E-state index contributed by atoms with van der Waals surface area (Å²) in [5.41, 5.74) is 7.85. The number of aryl methyl sites for hydroxylation is 1. The van der Waals surface area contributed by atoms with Gasteiger partial charge < -0.3 is 0 Å². The molecule has 1 atom stereocenters. The minimum Gasteiger partial charge on any atom is -0.271 e. The highest BCUT2D eigenvalue weighted by atomic mass is 15.2. The summed E-state index contributed by atoms with van der Waals surface area (Å²) in [6, 6.07) is 10.6. The fourth-order valence-corrected chi connectivity index (χ4v) is 2.35. The second-order valence-electron chi connectivity index (χ2n) is 6.20. The van der Waals surface area contributed by atoms with Gasteiger partial charge in [0.2, 0.25) is 0 Å². The largest absolute Gasteiger partial charge is 0.271 e. The molecule has 1 aromatic heterocycles. The summed E-state index contributed by atoms with van der Waals surface area (Å²) in [5.74, 6) is 5.76. The summed E-state index contributed by atoms with van der Waals surface area (Å²) in [7, 11) is 0. The standard InChI is InChI=1S/C17H23N3/c1-12-11-19-10-9-15(12)16(20-18)13-5-7-14(8-6-13)17(2,3)4/h5-11,16,20H,18H2,1-4H3. The van der Waals surface area contributed by atoms with Gasteiger partial charge in [-0.25, -0.2) is 5.43 Å². The lowest BCUT2D eigenvalue weighted by molar-refractivity contribution is 0.587. The van der Waals surface area contributed by atoms with E-state index >= 15 is 0 Å². The van der Waals surface area contributed by atoms with Crippen molar-refractivity contribution in [3.8, 4) is 0 Å². The molecule has 3 N–H and O–H groups in total. The molecule has 1 unspecified atom stereocenters. The molecular formula is C17H23N3. The molecule has 2 aromatic rings. The number of rotatable bonds is 3. The van der Waals surface area contributed by atoms with E-state index in [0.717, 1.165) is 16.7 Å². The average Bonchev–Trinajstić information content (AvgIpc) is 2.41. The molecule has 0 radical (unpaired) electrons. The van der Waals surface area contributed by atoms with Crippen molar-refractivity contribution in [1.29, 1.82) is 0 Å². The average molecular weight is 269 g/mol. The molecule has 0 bridgehead atoms. The fourth-order valence-electron chi connectivity index (χ4n) is 2.35. The molecule has 0 saturated carbocycles. The van der Waals surface area contributed by atoms with Crippen LogP contribution in [-0.2, 0) is 5.41 Å². The van der Waals surface area contributed by atoms with Crippen molar-refractivity contribution in [3.63, 3.8) is 0 Å². The molecule has 106 valence electrons. The molecule has 0 fully saturated rings. The number of nitrogens with two attached hydrogens (primary N) is 1. The summed E-state index contributed by atoms with van der Waals surface area (Å²) in [6.07, 6.45) is 3.67. The van der Waals surface area contributed by atoms with Crippen molar-refractivity contribution < 1.29 is 0 Å². The third kappa shape index (κ3) is 3.06. The molecule has 1 heterocycles. The number of nitrogens with zero attached hydrogens (tertiary/aromatic N) is 1. The second kappa shape index (κ2) is 5.73. The van der Waals surface area contributed by atoms with Gasteiger partial charge >= 0.3 is 0 Å². The summed E-state index contributed by atoms with van der Waals surface area (Å²) in [5, 5.41) is 0. The Kier molecular flexibility index (Phi) is 4.21. The zero-order chi connectivity index (χ0) is 14.8. The molecule has 0 aliphatic heterocycles. The van der Waals surface area contributed by atoms with Crippen LogP contribution in [0.3, 0.4) is 0 Å². The van der Waals surface area contributed by atoms with E-state index in [1.807, 2.05) is 12.3 Å². The predicted octanol–water partition coefficient (Wildman–Crippen LogP) is 3.24. The molecule has 0 saturated heterocycles. The van der Waals surface area contributed by atoms with Crippen molar-refractivity contribution in [3.05, 3.63) is 65.0 Å². The number of nitrogens with one attached hydrogen (secondary N) is 1. The van der Waals surface area contributed by atoms with Crippen LogP contribution >= 0.6 is 0 Å². The lowest BCUT2D eigenvalue weighted by atomic mass is 9.85. The maximum atomic E-state index is 5.76. The number of benzene rings is 1. The zero-order valence-corrected chi connectivity index (χ0v) is 12.6. The van der Waals surface area contributed by atoms with E-state index in [1.165, 1.54) is 5.56 Å². The number of hydrogen-bond acceptors (Lipinski definition) is 3. The first-order chi connectivity index (χ1) is 9.43. The highest BCUT2D eigenvalue weighted by Gasteiger charge is 2.17. The van der Waals surface area contributed by atoms with E-state index in [1.54, 1.807) is 6.20 Å². The van der Waals surface area contributed by atoms with Crippen molar-refractivity contribution in [1.82, 2.24) is 10.4 Å². The maximum absolute atomic E-state index is 5.76. The number of hydrazine groups is 1. The molecule has 0 amide bonds. The monoisotopic (exact) mass is 269 g/mol. The summed E-state index contributed by atoms with van der Waals surface area (Å²) in [4.78, 5) is 4.13. The normalized spacial score (nSPS) is 13.2. The fraction of sp³-hybridized carbons (Fsp3) is 0.353. The second-order valence-corrected chi connectivity index (χ2v) is 6.20. The number of hydrogen-bond donors (Lipinski definition) is 2. The molecular weight excluding hydrogens is 246 g/mol. The van der Waals surface area contributed by atoms with Crippen LogP contribution in [-0.4, -0.2) is 4.98 Å². The van der Waals surface area contributed by atoms with Crippen LogP contribution < -0.4 is 11.3 Å².